The molecule has 4 rings (SSSR count). The monoisotopic (exact) mass is 352 g/mol. The van der Waals surface area contributed by atoms with E-state index in [9.17, 15) is 0 Å². The molecule has 0 fully saturated rings. The number of halogens is 2. The van der Waals surface area contributed by atoms with Gasteiger partial charge in [-0.25, -0.2) is 0 Å². The van der Waals surface area contributed by atoms with Crippen LogP contribution in [0, 0.1) is 0 Å². The number of hydrogen-bond acceptors (Lipinski definition) is 5. The number of thiophene rings is 1. The highest BCUT2D eigenvalue weighted by Gasteiger charge is 2.16. The lowest BCUT2D eigenvalue weighted by atomic mass is 10.2. The zero-order chi connectivity index (χ0) is 14.4. The molecule has 0 saturated carbocycles. The Morgan fingerprint density at radius 3 is 2.81 bits per heavy atom. The van der Waals surface area contributed by atoms with Gasteiger partial charge < -0.3 is 0 Å². The minimum atomic E-state index is 0.613. The summed E-state index contributed by atoms with van der Waals surface area (Å²) >= 11 is 15.3. The summed E-state index contributed by atoms with van der Waals surface area (Å²) in [7, 11) is 0. The van der Waals surface area contributed by atoms with Gasteiger partial charge in [0.15, 0.2) is 5.82 Å². The van der Waals surface area contributed by atoms with E-state index in [1.54, 1.807) is 34.1 Å². The van der Waals surface area contributed by atoms with E-state index >= 15 is 0 Å². The molecule has 1 aromatic carbocycles. The van der Waals surface area contributed by atoms with Crippen molar-refractivity contribution in [3.05, 3.63) is 45.8 Å². The first-order chi connectivity index (χ1) is 10.2. The van der Waals surface area contributed by atoms with Crippen LogP contribution in [0.4, 0.5) is 0 Å². The summed E-state index contributed by atoms with van der Waals surface area (Å²) in [6.07, 6.45) is 0. The predicted molar refractivity (Wildman–Crippen MR) is 87.4 cm³/mol. The normalized spacial score (nSPS) is 11.3. The van der Waals surface area contributed by atoms with Gasteiger partial charge in [0, 0.05) is 10.6 Å². The van der Waals surface area contributed by atoms with E-state index < -0.39 is 0 Å². The van der Waals surface area contributed by atoms with Crippen molar-refractivity contribution in [2.45, 2.75) is 0 Å². The number of fused-ring (bicyclic) bond motifs is 1. The first-order valence-electron chi connectivity index (χ1n) is 5.94. The molecular weight excluding hydrogens is 347 g/mol. The van der Waals surface area contributed by atoms with Crippen molar-refractivity contribution in [1.29, 1.82) is 0 Å². The third kappa shape index (κ3) is 2.24. The number of benzene rings is 1. The number of hydrogen-bond donors (Lipinski definition) is 0. The molecule has 0 N–H and O–H groups in total. The fourth-order valence-corrected chi connectivity index (χ4v) is 3.95. The van der Waals surface area contributed by atoms with Crippen LogP contribution in [0.3, 0.4) is 0 Å². The zero-order valence-corrected chi connectivity index (χ0v) is 13.5. The van der Waals surface area contributed by atoms with Crippen molar-refractivity contribution in [2.75, 3.05) is 0 Å². The van der Waals surface area contributed by atoms with E-state index in [4.69, 9.17) is 23.2 Å². The van der Waals surface area contributed by atoms with Gasteiger partial charge in [-0.1, -0.05) is 40.6 Å². The van der Waals surface area contributed by atoms with Crippen molar-refractivity contribution in [1.82, 2.24) is 19.8 Å². The van der Waals surface area contributed by atoms with Crippen LogP contribution in [0.25, 0.3) is 26.2 Å². The van der Waals surface area contributed by atoms with E-state index in [0.29, 0.717) is 10.0 Å². The van der Waals surface area contributed by atoms with Crippen molar-refractivity contribution in [3.63, 3.8) is 0 Å². The second-order valence-electron chi connectivity index (χ2n) is 4.23. The molecule has 8 heteroatoms. The lowest BCUT2D eigenvalue weighted by Crippen LogP contribution is -1.89. The molecule has 0 radical (unpaired) electrons. The SMILES string of the molecule is Clc1ccc(Cl)c(-c2nn3c(-c4cccs4)nnc3s2)c1. The third-order valence-electron chi connectivity index (χ3n) is 2.89. The molecule has 0 spiro atoms. The van der Waals surface area contributed by atoms with Crippen LogP contribution in [-0.2, 0) is 0 Å². The molecule has 4 aromatic rings. The number of aromatic nitrogens is 4. The highest BCUT2D eigenvalue weighted by Crippen LogP contribution is 2.34. The highest BCUT2D eigenvalue weighted by molar-refractivity contribution is 7.20. The number of rotatable bonds is 2. The zero-order valence-electron chi connectivity index (χ0n) is 10.3. The van der Waals surface area contributed by atoms with Crippen LogP contribution in [0.1, 0.15) is 0 Å². The predicted octanol–water partition coefficient (Wildman–Crippen LogP) is 4.89. The first-order valence-corrected chi connectivity index (χ1v) is 8.39. The largest absolute Gasteiger partial charge is 0.235 e. The third-order valence-corrected chi connectivity index (χ3v) is 5.25. The van der Waals surface area contributed by atoms with Gasteiger partial charge in [0.05, 0.1) is 9.90 Å². The maximum atomic E-state index is 6.23. The molecule has 4 nitrogen and oxygen atoms in total. The molecule has 0 aliphatic heterocycles. The highest BCUT2D eigenvalue weighted by atomic mass is 35.5. The molecule has 21 heavy (non-hydrogen) atoms. The quantitative estimate of drug-likeness (QED) is 0.515. The van der Waals surface area contributed by atoms with Gasteiger partial charge in [0.2, 0.25) is 4.96 Å². The average Bonchev–Trinajstić information content (AvgIpc) is 3.15. The summed E-state index contributed by atoms with van der Waals surface area (Å²) in [5.41, 5.74) is 0.803. The van der Waals surface area contributed by atoms with Crippen LogP contribution in [0.5, 0.6) is 0 Å². The van der Waals surface area contributed by atoms with Crippen molar-refractivity contribution >= 4 is 50.8 Å². The summed E-state index contributed by atoms with van der Waals surface area (Å²) in [4.78, 5) is 1.75. The van der Waals surface area contributed by atoms with E-state index in [1.807, 2.05) is 17.5 Å². The van der Waals surface area contributed by atoms with Crippen LogP contribution in [0.15, 0.2) is 35.7 Å². The Morgan fingerprint density at radius 1 is 1.10 bits per heavy atom. The number of nitrogens with zero attached hydrogens (tertiary/aromatic N) is 4. The van der Waals surface area contributed by atoms with Crippen molar-refractivity contribution < 1.29 is 0 Å². The van der Waals surface area contributed by atoms with Crippen molar-refractivity contribution in [3.8, 4) is 21.3 Å². The molecule has 0 atom stereocenters. The average molecular weight is 353 g/mol. The van der Waals surface area contributed by atoms with Crippen LogP contribution in [-0.4, -0.2) is 19.8 Å². The molecule has 0 aliphatic rings. The van der Waals surface area contributed by atoms with E-state index in [-0.39, 0.29) is 0 Å². The summed E-state index contributed by atoms with van der Waals surface area (Å²) < 4.78 is 1.74. The molecule has 0 unspecified atom stereocenters. The Bertz CT molecular complexity index is 927. The topological polar surface area (TPSA) is 43.1 Å². The van der Waals surface area contributed by atoms with Gasteiger partial charge >= 0.3 is 0 Å². The molecule has 0 saturated heterocycles. The summed E-state index contributed by atoms with van der Waals surface area (Å²) in [5, 5.41) is 16.9. The lowest BCUT2D eigenvalue weighted by molar-refractivity contribution is 0.974. The minimum absolute atomic E-state index is 0.613. The molecule has 104 valence electrons. The van der Waals surface area contributed by atoms with Crippen LogP contribution in [0.2, 0.25) is 10.0 Å². The van der Waals surface area contributed by atoms with Gasteiger partial charge in [0.1, 0.15) is 5.01 Å². The maximum Gasteiger partial charge on any atom is 0.235 e. The van der Waals surface area contributed by atoms with Crippen LogP contribution < -0.4 is 0 Å². The van der Waals surface area contributed by atoms with Gasteiger partial charge in [-0.05, 0) is 29.6 Å². The fourth-order valence-electron chi connectivity index (χ4n) is 1.95. The van der Waals surface area contributed by atoms with Crippen LogP contribution >= 0.6 is 45.9 Å². The van der Waals surface area contributed by atoms with E-state index in [2.05, 4.69) is 15.3 Å². The Labute approximate surface area is 137 Å². The van der Waals surface area contributed by atoms with E-state index in [1.165, 1.54) is 11.3 Å². The van der Waals surface area contributed by atoms with Gasteiger partial charge in [-0.3, -0.25) is 0 Å². The molecule has 0 aliphatic carbocycles. The Hall–Kier alpha value is -1.47. The smallest absolute Gasteiger partial charge is 0.181 e. The molecular formula is C13H6Cl2N4S2. The summed E-state index contributed by atoms with van der Waals surface area (Å²) in [6.45, 7) is 0. The summed E-state index contributed by atoms with van der Waals surface area (Å²) in [5.74, 6) is 0.737. The Balaban J connectivity index is 1.90. The Morgan fingerprint density at radius 2 is 2.00 bits per heavy atom. The van der Waals surface area contributed by atoms with Crippen molar-refractivity contribution in [2.24, 2.45) is 0 Å². The second-order valence-corrected chi connectivity index (χ2v) is 6.97. The summed E-state index contributed by atoms with van der Waals surface area (Å²) in [6, 6.07) is 9.29. The maximum absolute atomic E-state index is 6.23. The fraction of sp³-hybridized carbons (Fsp3) is 0. The first kappa shape index (κ1) is 13.2. The Kier molecular flexibility index (Phi) is 3.19. The minimum Gasteiger partial charge on any atom is -0.181 e. The molecule has 0 bridgehead atoms. The van der Waals surface area contributed by atoms with Gasteiger partial charge in [-0.2, -0.15) is 9.61 Å². The molecule has 3 heterocycles. The lowest BCUT2D eigenvalue weighted by Gasteiger charge is -1.99. The standard InChI is InChI=1S/C13H6Cl2N4S2/c14-7-3-4-9(15)8(6-7)12-18-19-11(10-2-1-5-20-10)16-17-13(19)21-12/h1-6H. The van der Waals surface area contributed by atoms with E-state index in [0.717, 1.165) is 26.2 Å². The molecule has 0 amide bonds. The van der Waals surface area contributed by atoms with Gasteiger partial charge in [-0.15, -0.1) is 21.5 Å². The molecule has 3 aromatic heterocycles. The van der Waals surface area contributed by atoms with Gasteiger partial charge in [0.25, 0.3) is 0 Å². The second kappa shape index (κ2) is 5.06.